The average Bonchev–Trinajstić information content (AvgIpc) is 2.64. The number of nitrogens with one attached hydrogen (secondary N) is 1. The lowest BCUT2D eigenvalue weighted by molar-refractivity contribution is -0.118. The second kappa shape index (κ2) is 8.06. The van der Waals surface area contributed by atoms with Gasteiger partial charge >= 0.3 is 0 Å². The maximum atomic E-state index is 12.0. The van der Waals surface area contributed by atoms with Gasteiger partial charge in [0.15, 0.2) is 11.5 Å². The molecule has 24 heavy (non-hydrogen) atoms. The Balaban J connectivity index is 1.46. The van der Waals surface area contributed by atoms with Gasteiger partial charge in [0.2, 0.25) is 5.91 Å². The SMILES string of the molecule is COc1cccc2c1OC[C@@H](CNC(=O)CSc1ccccn1)C2. The molecule has 126 valence electrons. The number of hydrogen-bond donors (Lipinski definition) is 1. The highest BCUT2D eigenvalue weighted by molar-refractivity contribution is 7.99. The number of para-hydroxylation sites is 1. The summed E-state index contributed by atoms with van der Waals surface area (Å²) in [6.45, 7) is 1.19. The van der Waals surface area contributed by atoms with Crippen LogP contribution in [0.1, 0.15) is 5.56 Å². The lowest BCUT2D eigenvalue weighted by atomic mass is 9.96. The first kappa shape index (κ1) is 16.6. The van der Waals surface area contributed by atoms with Crippen LogP contribution in [0, 0.1) is 5.92 Å². The number of thioether (sulfide) groups is 1. The van der Waals surface area contributed by atoms with E-state index in [0.29, 0.717) is 18.9 Å². The fourth-order valence-corrected chi connectivity index (χ4v) is 3.32. The van der Waals surface area contributed by atoms with Crippen molar-refractivity contribution in [2.75, 3.05) is 26.0 Å². The predicted molar refractivity (Wildman–Crippen MR) is 93.7 cm³/mol. The zero-order valence-corrected chi connectivity index (χ0v) is 14.3. The summed E-state index contributed by atoms with van der Waals surface area (Å²) in [6.07, 6.45) is 2.60. The molecular weight excluding hydrogens is 324 g/mol. The summed E-state index contributed by atoms with van der Waals surface area (Å²) in [5.41, 5.74) is 1.13. The smallest absolute Gasteiger partial charge is 0.230 e. The number of amides is 1. The molecule has 0 spiro atoms. The predicted octanol–water partition coefficient (Wildman–Crippen LogP) is 2.55. The number of carbonyl (C=O) groups is 1. The van der Waals surface area contributed by atoms with Crippen molar-refractivity contribution in [2.24, 2.45) is 5.92 Å². The minimum atomic E-state index is 0.0158. The van der Waals surface area contributed by atoms with Crippen LogP contribution in [0.25, 0.3) is 0 Å². The number of ether oxygens (including phenoxy) is 2. The number of hydrogen-bond acceptors (Lipinski definition) is 5. The summed E-state index contributed by atoms with van der Waals surface area (Å²) >= 11 is 1.44. The van der Waals surface area contributed by atoms with Gasteiger partial charge in [0.1, 0.15) is 0 Å². The fraction of sp³-hybridized carbons (Fsp3) is 0.333. The molecule has 2 aromatic rings. The van der Waals surface area contributed by atoms with Gasteiger partial charge in [-0.15, -0.1) is 0 Å². The van der Waals surface area contributed by atoms with Crippen molar-refractivity contribution < 1.29 is 14.3 Å². The van der Waals surface area contributed by atoms with Crippen LogP contribution in [-0.2, 0) is 11.2 Å². The molecule has 3 rings (SSSR count). The zero-order valence-electron chi connectivity index (χ0n) is 13.5. The molecule has 6 heteroatoms. The molecule has 0 saturated heterocycles. The molecule has 1 aliphatic rings. The van der Waals surface area contributed by atoms with Crippen LogP contribution in [0.5, 0.6) is 11.5 Å². The molecule has 0 radical (unpaired) electrons. The number of rotatable bonds is 6. The van der Waals surface area contributed by atoms with Crippen LogP contribution in [0.15, 0.2) is 47.6 Å². The first-order valence-electron chi connectivity index (χ1n) is 7.85. The Morgan fingerprint density at radius 1 is 1.38 bits per heavy atom. The summed E-state index contributed by atoms with van der Waals surface area (Å²) < 4.78 is 11.1. The minimum absolute atomic E-state index is 0.0158. The number of carbonyl (C=O) groups excluding carboxylic acids is 1. The summed E-state index contributed by atoms with van der Waals surface area (Å²) in [6, 6.07) is 11.6. The molecule has 1 aromatic carbocycles. The number of benzene rings is 1. The monoisotopic (exact) mass is 344 g/mol. The second-order valence-electron chi connectivity index (χ2n) is 5.59. The second-order valence-corrected chi connectivity index (χ2v) is 6.59. The van der Waals surface area contributed by atoms with Gasteiger partial charge in [0.05, 0.1) is 24.5 Å². The third kappa shape index (κ3) is 4.20. The third-order valence-electron chi connectivity index (χ3n) is 3.83. The van der Waals surface area contributed by atoms with E-state index in [1.54, 1.807) is 13.3 Å². The molecule has 1 amide bonds. The highest BCUT2D eigenvalue weighted by Gasteiger charge is 2.22. The van der Waals surface area contributed by atoms with E-state index < -0.39 is 0 Å². The highest BCUT2D eigenvalue weighted by Crippen LogP contribution is 2.35. The molecule has 0 aliphatic carbocycles. The molecular formula is C18H20N2O3S. The van der Waals surface area contributed by atoms with Crippen molar-refractivity contribution in [3.05, 3.63) is 48.2 Å². The molecule has 0 saturated carbocycles. The van der Waals surface area contributed by atoms with E-state index in [1.807, 2.05) is 36.4 Å². The number of pyridine rings is 1. The van der Waals surface area contributed by atoms with Gasteiger partial charge < -0.3 is 14.8 Å². The highest BCUT2D eigenvalue weighted by atomic mass is 32.2. The van der Waals surface area contributed by atoms with Crippen molar-refractivity contribution >= 4 is 17.7 Å². The maximum absolute atomic E-state index is 12.0. The summed E-state index contributed by atoms with van der Waals surface area (Å²) in [4.78, 5) is 16.2. The van der Waals surface area contributed by atoms with Crippen LogP contribution in [0.2, 0.25) is 0 Å². The fourth-order valence-electron chi connectivity index (χ4n) is 2.63. The quantitative estimate of drug-likeness (QED) is 0.816. The largest absolute Gasteiger partial charge is 0.493 e. The molecule has 1 N–H and O–H groups in total. The Bertz CT molecular complexity index is 694. The van der Waals surface area contributed by atoms with Crippen LogP contribution >= 0.6 is 11.8 Å². The van der Waals surface area contributed by atoms with Crippen LogP contribution < -0.4 is 14.8 Å². The first-order valence-corrected chi connectivity index (χ1v) is 8.84. The Labute approximate surface area is 145 Å². The molecule has 0 unspecified atom stereocenters. The van der Waals surface area contributed by atoms with Crippen molar-refractivity contribution in [2.45, 2.75) is 11.4 Å². The van der Waals surface area contributed by atoms with E-state index in [1.165, 1.54) is 11.8 Å². The minimum Gasteiger partial charge on any atom is -0.493 e. The number of fused-ring (bicyclic) bond motifs is 1. The Morgan fingerprint density at radius 2 is 2.29 bits per heavy atom. The van der Waals surface area contributed by atoms with Gasteiger partial charge in [-0.3, -0.25) is 4.79 Å². The molecule has 2 heterocycles. The Morgan fingerprint density at radius 3 is 3.08 bits per heavy atom. The summed E-state index contributed by atoms with van der Waals surface area (Å²) in [5, 5.41) is 3.84. The van der Waals surface area contributed by atoms with Crippen LogP contribution in [0.3, 0.4) is 0 Å². The molecule has 1 aromatic heterocycles. The van der Waals surface area contributed by atoms with E-state index in [9.17, 15) is 4.79 Å². The van der Waals surface area contributed by atoms with E-state index in [4.69, 9.17) is 9.47 Å². The molecule has 1 atom stereocenters. The summed E-state index contributed by atoms with van der Waals surface area (Å²) in [7, 11) is 1.64. The molecule has 1 aliphatic heterocycles. The number of nitrogens with zero attached hydrogens (tertiary/aromatic N) is 1. The molecule has 0 fully saturated rings. The topological polar surface area (TPSA) is 60.5 Å². The third-order valence-corrected chi connectivity index (χ3v) is 4.77. The average molecular weight is 344 g/mol. The van der Waals surface area contributed by atoms with E-state index in [-0.39, 0.29) is 11.8 Å². The van der Waals surface area contributed by atoms with Gasteiger partial charge in [-0.25, -0.2) is 4.98 Å². The van der Waals surface area contributed by atoms with Crippen LogP contribution in [0.4, 0.5) is 0 Å². The van der Waals surface area contributed by atoms with Gasteiger partial charge in [0, 0.05) is 18.7 Å². The Hall–Kier alpha value is -2.21. The lowest BCUT2D eigenvalue weighted by Gasteiger charge is -2.26. The molecule has 5 nitrogen and oxygen atoms in total. The van der Waals surface area contributed by atoms with E-state index >= 15 is 0 Å². The molecule has 0 bridgehead atoms. The van der Waals surface area contributed by atoms with Crippen molar-refractivity contribution in [1.29, 1.82) is 0 Å². The van der Waals surface area contributed by atoms with Crippen molar-refractivity contribution in [1.82, 2.24) is 10.3 Å². The zero-order chi connectivity index (χ0) is 16.8. The number of aromatic nitrogens is 1. The van der Waals surface area contributed by atoms with Gasteiger partial charge in [-0.2, -0.15) is 0 Å². The van der Waals surface area contributed by atoms with Gasteiger partial charge in [-0.1, -0.05) is 30.0 Å². The maximum Gasteiger partial charge on any atom is 0.230 e. The van der Waals surface area contributed by atoms with E-state index in [0.717, 1.165) is 28.5 Å². The van der Waals surface area contributed by atoms with Gasteiger partial charge in [-0.05, 0) is 30.2 Å². The standard InChI is InChI=1S/C18H20N2O3S/c1-22-15-6-4-5-14-9-13(11-23-18(14)15)10-20-16(21)12-24-17-7-2-3-8-19-17/h2-8,13H,9-12H2,1H3,(H,20,21)/t13-/m1/s1. The van der Waals surface area contributed by atoms with Gasteiger partial charge in [0.25, 0.3) is 0 Å². The van der Waals surface area contributed by atoms with Crippen molar-refractivity contribution in [3.8, 4) is 11.5 Å². The lowest BCUT2D eigenvalue weighted by Crippen LogP contribution is -2.35. The van der Waals surface area contributed by atoms with E-state index in [2.05, 4.69) is 10.3 Å². The van der Waals surface area contributed by atoms with Crippen LogP contribution in [-0.4, -0.2) is 36.9 Å². The Kier molecular flexibility index (Phi) is 5.59. The first-order chi connectivity index (χ1) is 11.8. The normalized spacial score (nSPS) is 16.0. The summed E-state index contributed by atoms with van der Waals surface area (Å²) in [5.74, 6) is 2.25. The van der Waals surface area contributed by atoms with Crippen molar-refractivity contribution in [3.63, 3.8) is 0 Å². The number of methoxy groups -OCH3 is 1.